The van der Waals surface area contributed by atoms with Crippen molar-refractivity contribution in [1.29, 1.82) is 0 Å². The number of benzene rings is 4. The van der Waals surface area contributed by atoms with Crippen LogP contribution in [0.2, 0.25) is 10.0 Å². The van der Waals surface area contributed by atoms with Crippen molar-refractivity contribution < 1.29 is 32.3 Å². The van der Waals surface area contributed by atoms with Gasteiger partial charge in [-0.1, -0.05) is 78.3 Å². The molecular weight excluding hydrogens is 738 g/mol. The van der Waals surface area contributed by atoms with E-state index in [1.54, 1.807) is 84.6 Å². The predicted octanol–water partition coefficient (Wildman–Crippen LogP) is 8.53. The summed E-state index contributed by atoms with van der Waals surface area (Å²) in [5.41, 5.74) is 6.34. The smallest absolute Gasteiger partial charge is 0.416 e. The van der Waals surface area contributed by atoms with Gasteiger partial charge in [-0.25, -0.2) is 4.79 Å². The van der Waals surface area contributed by atoms with Gasteiger partial charge in [-0.2, -0.15) is 13.2 Å². The number of nitrogens with zero attached hydrogens (tertiary/aromatic N) is 4. The van der Waals surface area contributed by atoms with Crippen molar-refractivity contribution in [3.8, 4) is 5.75 Å². The van der Waals surface area contributed by atoms with E-state index in [9.17, 15) is 27.6 Å². The van der Waals surface area contributed by atoms with Gasteiger partial charge in [-0.3, -0.25) is 19.5 Å². The summed E-state index contributed by atoms with van der Waals surface area (Å²) in [6.45, 7) is 2.80. The summed E-state index contributed by atoms with van der Waals surface area (Å²) in [4.78, 5) is 46.3. The minimum atomic E-state index is -4.60. The first-order chi connectivity index (χ1) is 24.8. The van der Waals surface area contributed by atoms with Gasteiger partial charge < -0.3 is 20.3 Å². The van der Waals surface area contributed by atoms with Crippen LogP contribution in [0.4, 0.5) is 22.8 Å². The lowest BCUT2D eigenvalue weighted by Crippen LogP contribution is -2.54. The van der Waals surface area contributed by atoms with Crippen LogP contribution in [-0.4, -0.2) is 70.5 Å². The highest BCUT2D eigenvalue weighted by atomic mass is 35.5. The molecule has 0 saturated carbocycles. The zero-order valence-electron chi connectivity index (χ0n) is 27.8. The fraction of sp³-hybridized carbons (Fsp3) is 0.243. The van der Waals surface area contributed by atoms with Gasteiger partial charge in [0.2, 0.25) is 5.91 Å². The molecule has 2 aliphatic heterocycles. The monoisotopic (exact) mass is 771 g/mol. The van der Waals surface area contributed by atoms with Crippen LogP contribution in [0, 0.1) is 0 Å². The molecular formula is C37H34Cl2F3N5O4S. The molecule has 2 aliphatic rings. The predicted molar refractivity (Wildman–Crippen MR) is 197 cm³/mol. The lowest BCUT2D eigenvalue weighted by molar-refractivity contribution is -0.137. The Kier molecular flexibility index (Phi) is 12.4. The van der Waals surface area contributed by atoms with Gasteiger partial charge in [-0.15, -0.1) is 0 Å². The summed E-state index contributed by atoms with van der Waals surface area (Å²) < 4.78 is 46.7. The third-order valence-corrected chi connectivity index (χ3v) is 9.21. The van der Waals surface area contributed by atoms with Crippen LogP contribution in [0.5, 0.6) is 5.75 Å². The molecule has 2 atom stereocenters. The van der Waals surface area contributed by atoms with Crippen molar-refractivity contribution in [2.75, 3.05) is 32.8 Å². The molecule has 4 aromatic carbocycles. The van der Waals surface area contributed by atoms with Gasteiger partial charge in [0, 0.05) is 41.8 Å². The highest BCUT2D eigenvalue weighted by Crippen LogP contribution is 2.46. The number of hydrogen-bond acceptors (Lipinski definition) is 5. The number of rotatable bonds is 6. The number of halogens is 5. The molecule has 9 nitrogen and oxygen atoms in total. The number of aliphatic imine (C=N–C) groups is 1. The van der Waals surface area contributed by atoms with Crippen LogP contribution in [0.15, 0.2) is 102 Å². The minimum Gasteiger partial charge on any atom is -0.493 e. The molecule has 0 aromatic heterocycles. The fourth-order valence-electron chi connectivity index (χ4n) is 5.86. The second kappa shape index (κ2) is 16.7. The second-order valence-corrected chi connectivity index (χ2v) is 13.0. The Bertz CT molecular complexity index is 1920. The van der Waals surface area contributed by atoms with E-state index in [-0.39, 0.29) is 61.1 Å². The maximum absolute atomic E-state index is 14.4. The molecule has 272 valence electrons. The van der Waals surface area contributed by atoms with Crippen LogP contribution >= 0.6 is 35.8 Å². The summed E-state index contributed by atoms with van der Waals surface area (Å²) in [6.07, 6.45) is -4.60. The van der Waals surface area contributed by atoms with Crippen molar-refractivity contribution in [2.24, 2.45) is 10.7 Å². The molecule has 6 rings (SSSR count). The highest BCUT2D eigenvalue weighted by Gasteiger charge is 2.45. The van der Waals surface area contributed by atoms with Crippen LogP contribution in [0.25, 0.3) is 0 Å². The van der Waals surface area contributed by atoms with Crippen LogP contribution in [0.1, 0.15) is 51.6 Å². The third kappa shape index (κ3) is 9.01. The topological polar surface area (TPSA) is 109 Å². The lowest BCUT2D eigenvalue weighted by atomic mass is 9.93. The van der Waals surface area contributed by atoms with Gasteiger partial charge in [0.25, 0.3) is 5.24 Å². The molecule has 2 unspecified atom stereocenters. The maximum atomic E-state index is 14.4. The molecule has 15 heteroatoms. The standard InChI is InChI=1S/C30H27Cl2F3N4O3S.C7H7NO/c1-2-42-24-17-20(30(33,34)35)7-12-23(24)27-36-25(18-3-8-21(31)9-4-18)26(19-5-10-22(32)11-6-19)39(27)28(40)37-13-15-38(16-14-37)29(41)43;8-7(9)6-4-2-1-3-5-6/h3-12,17,25-26H,2,13-16H2,1H3,(H,41,43);1-5H,(H2,8,9). The molecule has 52 heavy (non-hydrogen) atoms. The van der Waals surface area contributed by atoms with Crippen molar-refractivity contribution in [1.82, 2.24) is 14.7 Å². The Hall–Kier alpha value is -4.72. The Morgan fingerprint density at radius 1 is 0.846 bits per heavy atom. The normalized spacial score (nSPS) is 17.2. The molecule has 0 bridgehead atoms. The molecule has 1 fully saturated rings. The molecule has 0 aliphatic carbocycles. The molecule has 2 N–H and O–H groups in total. The number of alkyl halides is 3. The van der Waals surface area contributed by atoms with E-state index in [1.807, 2.05) is 6.07 Å². The Morgan fingerprint density at radius 3 is 1.90 bits per heavy atom. The Labute approximate surface area is 314 Å². The number of thiol groups is 1. The summed E-state index contributed by atoms with van der Waals surface area (Å²) in [5, 5.41) is 0.626. The number of primary amides is 1. The van der Waals surface area contributed by atoms with Gasteiger partial charge >= 0.3 is 12.2 Å². The van der Waals surface area contributed by atoms with E-state index in [0.717, 1.165) is 17.7 Å². The molecule has 0 spiro atoms. The number of amides is 4. The first-order valence-electron chi connectivity index (χ1n) is 16.1. The van der Waals surface area contributed by atoms with Gasteiger partial charge in [0.1, 0.15) is 17.6 Å². The van der Waals surface area contributed by atoms with Gasteiger partial charge in [0.15, 0.2) is 0 Å². The quantitative estimate of drug-likeness (QED) is 0.192. The number of piperazine rings is 1. The molecule has 0 radical (unpaired) electrons. The van der Waals surface area contributed by atoms with E-state index in [1.165, 1.54) is 15.9 Å². The zero-order valence-corrected chi connectivity index (χ0v) is 30.2. The van der Waals surface area contributed by atoms with Crippen LogP contribution in [0.3, 0.4) is 0 Å². The summed E-state index contributed by atoms with van der Waals surface area (Å²) in [5.74, 6) is -0.267. The Morgan fingerprint density at radius 2 is 1.40 bits per heavy atom. The summed E-state index contributed by atoms with van der Waals surface area (Å²) in [7, 11) is 0. The van der Waals surface area contributed by atoms with E-state index >= 15 is 0 Å². The SMILES string of the molecule is CCOc1cc(C(F)(F)F)ccc1C1=NC(c2ccc(Cl)cc2)C(c2ccc(Cl)cc2)N1C(=O)N1CCN(C(=O)S)CC1.NC(=O)c1ccccc1. The van der Waals surface area contributed by atoms with Crippen molar-refractivity contribution in [2.45, 2.75) is 25.2 Å². The van der Waals surface area contributed by atoms with Crippen LogP contribution < -0.4 is 10.5 Å². The highest BCUT2D eigenvalue weighted by molar-refractivity contribution is 7.96. The van der Waals surface area contributed by atoms with E-state index in [2.05, 4.69) is 12.6 Å². The summed E-state index contributed by atoms with van der Waals surface area (Å²) >= 11 is 16.3. The van der Waals surface area contributed by atoms with Gasteiger partial charge in [-0.05, 0) is 72.6 Å². The third-order valence-electron chi connectivity index (χ3n) is 8.42. The largest absolute Gasteiger partial charge is 0.493 e. The first kappa shape index (κ1) is 38.5. The average Bonchev–Trinajstić information content (AvgIpc) is 3.52. The summed E-state index contributed by atoms with van der Waals surface area (Å²) in [6, 6.07) is 24.2. The first-order valence-corrected chi connectivity index (χ1v) is 17.3. The van der Waals surface area contributed by atoms with Gasteiger partial charge in [0.05, 0.1) is 23.8 Å². The van der Waals surface area contributed by atoms with E-state index in [4.69, 9.17) is 38.7 Å². The number of nitrogens with two attached hydrogens (primary N) is 1. The number of ether oxygens (including phenoxy) is 1. The maximum Gasteiger partial charge on any atom is 0.416 e. The average molecular weight is 773 g/mol. The molecule has 1 saturated heterocycles. The minimum absolute atomic E-state index is 0.0500. The molecule has 2 heterocycles. The molecule has 4 amide bonds. The van der Waals surface area contributed by atoms with Crippen molar-refractivity contribution in [3.63, 3.8) is 0 Å². The van der Waals surface area contributed by atoms with E-state index in [0.29, 0.717) is 21.2 Å². The number of hydrogen-bond donors (Lipinski definition) is 2. The van der Waals surface area contributed by atoms with Crippen molar-refractivity contribution >= 4 is 58.8 Å². The lowest BCUT2D eigenvalue weighted by Gasteiger charge is -2.38. The number of carbonyl (C=O) groups excluding carboxylic acids is 3. The second-order valence-electron chi connectivity index (χ2n) is 11.7. The van der Waals surface area contributed by atoms with E-state index < -0.39 is 29.9 Å². The number of carbonyl (C=O) groups is 3. The van der Waals surface area contributed by atoms with Crippen LogP contribution in [-0.2, 0) is 6.18 Å². The fourth-order valence-corrected chi connectivity index (χ4v) is 6.31. The Balaban J connectivity index is 0.000000507. The zero-order chi connectivity index (χ0) is 37.6. The van der Waals surface area contributed by atoms with Crippen molar-refractivity contribution in [3.05, 3.63) is 135 Å². The number of amidine groups is 1. The molecule has 4 aromatic rings. The number of urea groups is 1.